The third-order valence-electron chi connectivity index (χ3n) is 4.11. The van der Waals surface area contributed by atoms with Crippen molar-refractivity contribution in [3.63, 3.8) is 0 Å². The van der Waals surface area contributed by atoms with Crippen molar-refractivity contribution in [1.29, 1.82) is 0 Å². The molecule has 1 fully saturated rings. The van der Waals surface area contributed by atoms with E-state index in [1.165, 1.54) is 6.07 Å². The Kier molecular flexibility index (Phi) is 4.64. The van der Waals surface area contributed by atoms with E-state index in [2.05, 4.69) is 4.72 Å². The number of aryl methyl sites for hydroxylation is 2. The number of carbonyl (C=O) groups is 1. The van der Waals surface area contributed by atoms with E-state index < -0.39 is 10.0 Å². The number of hydrogen-bond donors (Lipinski definition) is 1. The smallest absolute Gasteiger partial charge is 0.271 e. The molecule has 1 aliphatic heterocycles. The van der Waals surface area contributed by atoms with E-state index in [1.807, 2.05) is 26.0 Å². The van der Waals surface area contributed by atoms with Crippen LogP contribution in [0.15, 0.2) is 33.9 Å². The van der Waals surface area contributed by atoms with E-state index >= 15 is 0 Å². The Morgan fingerprint density at radius 1 is 1.17 bits per heavy atom. The first-order valence-electron chi connectivity index (χ1n) is 7.85. The van der Waals surface area contributed by atoms with Gasteiger partial charge in [0.15, 0.2) is 0 Å². The Labute approximate surface area is 146 Å². The van der Waals surface area contributed by atoms with E-state index in [4.69, 9.17) is 0 Å². The fourth-order valence-electron chi connectivity index (χ4n) is 2.80. The van der Waals surface area contributed by atoms with Gasteiger partial charge in [-0.1, -0.05) is 17.7 Å². The van der Waals surface area contributed by atoms with Gasteiger partial charge in [0.05, 0.1) is 11.3 Å². The first-order valence-corrected chi connectivity index (χ1v) is 10.2. The molecule has 128 valence electrons. The summed E-state index contributed by atoms with van der Waals surface area (Å²) in [6, 6.07) is 7.01. The van der Waals surface area contributed by atoms with Crippen LogP contribution < -0.4 is 4.72 Å². The molecule has 1 aromatic heterocycles. The number of nitrogens with one attached hydrogen (secondary N) is 1. The summed E-state index contributed by atoms with van der Waals surface area (Å²) in [4.78, 5) is 14.1. The Morgan fingerprint density at radius 3 is 2.54 bits per heavy atom. The van der Waals surface area contributed by atoms with Crippen molar-refractivity contribution in [1.82, 2.24) is 4.90 Å². The molecule has 24 heavy (non-hydrogen) atoms. The minimum absolute atomic E-state index is 0.0864. The van der Waals surface area contributed by atoms with E-state index in [9.17, 15) is 13.2 Å². The number of amides is 1. The maximum atomic E-state index is 12.6. The van der Waals surface area contributed by atoms with Crippen LogP contribution in [0.1, 0.15) is 34.3 Å². The highest BCUT2D eigenvalue weighted by atomic mass is 32.2. The molecule has 0 spiro atoms. The van der Waals surface area contributed by atoms with Crippen LogP contribution in [-0.2, 0) is 10.0 Å². The fraction of sp³-hybridized carbons (Fsp3) is 0.353. The number of hydrogen-bond acceptors (Lipinski definition) is 4. The highest BCUT2D eigenvalue weighted by Gasteiger charge is 2.24. The first kappa shape index (κ1) is 17.0. The molecule has 0 unspecified atom stereocenters. The number of rotatable bonds is 4. The van der Waals surface area contributed by atoms with Crippen LogP contribution in [0.25, 0.3) is 0 Å². The van der Waals surface area contributed by atoms with Gasteiger partial charge in [0.1, 0.15) is 4.21 Å². The minimum atomic E-state index is -3.69. The van der Waals surface area contributed by atoms with Gasteiger partial charge in [0, 0.05) is 18.5 Å². The standard InChI is InChI=1S/C17H20N2O3S2/c1-12-5-6-15(13(2)9-12)18-24(21,22)16-10-14(11-23-16)17(20)19-7-3-4-8-19/h5-6,9-11,18H,3-4,7-8H2,1-2H3. The summed E-state index contributed by atoms with van der Waals surface area (Å²) in [5.74, 6) is -0.0864. The Bertz CT molecular complexity index is 866. The zero-order valence-electron chi connectivity index (χ0n) is 13.7. The Hall–Kier alpha value is -1.86. The van der Waals surface area contributed by atoms with Gasteiger partial charge < -0.3 is 4.90 Å². The predicted octanol–water partition coefficient (Wildman–Crippen LogP) is 3.40. The van der Waals surface area contributed by atoms with E-state index in [0.29, 0.717) is 11.3 Å². The normalized spacial score (nSPS) is 14.8. The number of anilines is 1. The van der Waals surface area contributed by atoms with Gasteiger partial charge >= 0.3 is 0 Å². The largest absolute Gasteiger partial charge is 0.339 e. The molecule has 0 radical (unpaired) electrons. The lowest BCUT2D eigenvalue weighted by atomic mass is 10.1. The van der Waals surface area contributed by atoms with Crippen molar-refractivity contribution in [2.45, 2.75) is 30.9 Å². The summed E-state index contributed by atoms with van der Waals surface area (Å²) in [6.07, 6.45) is 2.02. The lowest BCUT2D eigenvalue weighted by Gasteiger charge is -2.13. The summed E-state index contributed by atoms with van der Waals surface area (Å²) < 4.78 is 27.9. The molecule has 5 nitrogen and oxygen atoms in total. The van der Waals surface area contributed by atoms with Crippen molar-refractivity contribution in [3.05, 3.63) is 46.3 Å². The van der Waals surface area contributed by atoms with Crippen molar-refractivity contribution in [2.75, 3.05) is 17.8 Å². The third kappa shape index (κ3) is 3.47. The van der Waals surface area contributed by atoms with E-state index in [1.54, 1.807) is 16.3 Å². The zero-order chi connectivity index (χ0) is 17.3. The number of likely N-dealkylation sites (tertiary alicyclic amines) is 1. The van der Waals surface area contributed by atoms with Crippen molar-refractivity contribution >= 4 is 33.0 Å². The van der Waals surface area contributed by atoms with Gasteiger partial charge in [-0.05, 0) is 44.4 Å². The molecule has 0 saturated carbocycles. The lowest BCUT2D eigenvalue weighted by Crippen LogP contribution is -2.27. The molecule has 7 heteroatoms. The molecule has 1 aromatic carbocycles. The third-order valence-corrected chi connectivity index (χ3v) is 6.91. The van der Waals surface area contributed by atoms with Gasteiger partial charge in [-0.25, -0.2) is 8.42 Å². The van der Waals surface area contributed by atoms with Gasteiger partial charge in [-0.3, -0.25) is 9.52 Å². The van der Waals surface area contributed by atoms with Gasteiger partial charge in [-0.15, -0.1) is 11.3 Å². The molecule has 1 aliphatic rings. The van der Waals surface area contributed by atoms with Crippen LogP contribution >= 0.6 is 11.3 Å². The first-order chi connectivity index (χ1) is 11.4. The second-order valence-electron chi connectivity index (χ2n) is 6.08. The molecule has 1 saturated heterocycles. The summed E-state index contributed by atoms with van der Waals surface area (Å²) in [5, 5.41) is 1.62. The van der Waals surface area contributed by atoms with Gasteiger partial charge in [0.2, 0.25) is 0 Å². The number of carbonyl (C=O) groups excluding carboxylic acids is 1. The summed E-state index contributed by atoms with van der Waals surface area (Å²) >= 11 is 1.07. The summed E-state index contributed by atoms with van der Waals surface area (Å²) in [6.45, 7) is 5.32. The topological polar surface area (TPSA) is 66.5 Å². The summed E-state index contributed by atoms with van der Waals surface area (Å²) in [7, 11) is -3.69. The number of benzene rings is 1. The highest BCUT2D eigenvalue weighted by molar-refractivity contribution is 7.94. The molecule has 0 aliphatic carbocycles. The maximum Gasteiger partial charge on any atom is 0.271 e. The average Bonchev–Trinajstić information content (AvgIpc) is 3.20. The molecular formula is C17H20N2O3S2. The van der Waals surface area contributed by atoms with Crippen molar-refractivity contribution in [3.8, 4) is 0 Å². The molecule has 2 aromatic rings. The van der Waals surface area contributed by atoms with E-state index in [0.717, 1.165) is 48.4 Å². The van der Waals surface area contributed by atoms with Gasteiger partial charge in [-0.2, -0.15) is 0 Å². The van der Waals surface area contributed by atoms with Crippen molar-refractivity contribution in [2.24, 2.45) is 0 Å². The minimum Gasteiger partial charge on any atom is -0.339 e. The van der Waals surface area contributed by atoms with Gasteiger partial charge in [0.25, 0.3) is 15.9 Å². The van der Waals surface area contributed by atoms with E-state index in [-0.39, 0.29) is 10.1 Å². The second kappa shape index (κ2) is 6.57. The number of thiophene rings is 1. The number of nitrogens with zero attached hydrogens (tertiary/aromatic N) is 1. The predicted molar refractivity (Wildman–Crippen MR) is 96.2 cm³/mol. The quantitative estimate of drug-likeness (QED) is 0.904. The monoisotopic (exact) mass is 364 g/mol. The molecule has 0 bridgehead atoms. The summed E-state index contributed by atoms with van der Waals surface area (Å²) in [5.41, 5.74) is 2.94. The average molecular weight is 364 g/mol. The van der Waals surface area contributed by atoms with Crippen LogP contribution in [0.5, 0.6) is 0 Å². The molecule has 2 heterocycles. The van der Waals surface area contributed by atoms with Crippen LogP contribution in [0, 0.1) is 13.8 Å². The molecule has 1 N–H and O–H groups in total. The maximum absolute atomic E-state index is 12.6. The Morgan fingerprint density at radius 2 is 1.88 bits per heavy atom. The molecule has 1 amide bonds. The van der Waals surface area contributed by atoms with Crippen LogP contribution in [0.3, 0.4) is 0 Å². The molecule has 3 rings (SSSR count). The Balaban J connectivity index is 1.81. The second-order valence-corrected chi connectivity index (χ2v) is 8.90. The highest BCUT2D eigenvalue weighted by Crippen LogP contribution is 2.26. The number of sulfonamides is 1. The van der Waals surface area contributed by atoms with Crippen molar-refractivity contribution < 1.29 is 13.2 Å². The van der Waals surface area contributed by atoms with Crippen LogP contribution in [-0.4, -0.2) is 32.3 Å². The fourth-order valence-corrected chi connectivity index (χ4v) is 5.08. The SMILES string of the molecule is Cc1ccc(NS(=O)(=O)c2cc(C(=O)N3CCCC3)cs2)c(C)c1. The van der Waals surface area contributed by atoms with Crippen LogP contribution in [0.4, 0.5) is 5.69 Å². The zero-order valence-corrected chi connectivity index (χ0v) is 15.3. The molecular weight excluding hydrogens is 344 g/mol. The molecule has 0 atom stereocenters. The van der Waals surface area contributed by atoms with Crippen LogP contribution in [0.2, 0.25) is 0 Å². The lowest BCUT2D eigenvalue weighted by molar-refractivity contribution is 0.0793.